The second kappa shape index (κ2) is 3.03. The summed E-state index contributed by atoms with van der Waals surface area (Å²) in [6.07, 6.45) is 4.61. The molecule has 4 nitrogen and oxygen atoms in total. The molecule has 0 saturated heterocycles. The first kappa shape index (κ1) is 9.92. The van der Waals surface area contributed by atoms with Crippen LogP contribution in [0.2, 0.25) is 0 Å². The first-order valence-corrected chi connectivity index (χ1v) is 6.70. The van der Waals surface area contributed by atoms with Crippen molar-refractivity contribution in [2.45, 2.75) is 31.7 Å². The number of fused-ring (bicyclic) bond motifs is 5. The lowest BCUT2D eigenvalue weighted by Crippen LogP contribution is -2.32. The molecule has 0 aliphatic heterocycles. The van der Waals surface area contributed by atoms with E-state index in [4.69, 9.17) is 5.11 Å². The molecule has 0 aromatic heterocycles. The molecule has 2 N–H and O–H groups in total. The Balaban J connectivity index is 1.35. The van der Waals surface area contributed by atoms with Crippen molar-refractivity contribution in [3.8, 4) is 0 Å². The van der Waals surface area contributed by atoms with Gasteiger partial charge in [0.2, 0.25) is 5.91 Å². The number of aliphatic carboxylic acids is 1. The summed E-state index contributed by atoms with van der Waals surface area (Å²) in [5.41, 5.74) is 0. The number of hydrogen-bond acceptors (Lipinski definition) is 2. The normalized spacial score (nSPS) is 53.1. The maximum atomic E-state index is 11.9. The molecule has 4 fully saturated rings. The highest BCUT2D eigenvalue weighted by Gasteiger charge is 2.66. The van der Waals surface area contributed by atoms with E-state index in [9.17, 15) is 9.59 Å². The first-order chi connectivity index (χ1) is 8.16. The summed E-state index contributed by atoms with van der Waals surface area (Å²) >= 11 is 0. The minimum Gasteiger partial charge on any atom is -0.481 e. The van der Waals surface area contributed by atoms with Crippen LogP contribution in [0.3, 0.4) is 0 Å². The van der Waals surface area contributed by atoms with Gasteiger partial charge in [-0.05, 0) is 49.4 Å². The second-order valence-electron chi connectivity index (χ2n) is 6.31. The third-order valence-corrected chi connectivity index (χ3v) is 5.49. The van der Waals surface area contributed by atoms with E-state index < -0.39 is 11.9 Å². The van der Waals surface area contributed by atoms with Gasteiger partial charge in [-0.1, -0.05) is 0 Å². The van der Waals surface area contributed by atoms with E-state index in [1.807, 2.05) is 0 Å². The Morgan fingerprint density at radius 1 is 1.00 bits per heavy atom. The van der Waals surface area contributed by atoms with E-state index in [1.165, 1.54) is 19.3 Å². The van der Waals surface area contributed by atoms with Gasteiger partial charge in [0, 0.05) is 6.04 Å². The number of carbonyl (C=O) groups excluding carboxylic acids is 1. The maximum Gasteiger partial charge on any atom is 0.307 e. The van der Waals surface area contributed by atoms with Crippen molar-refractivity contribution in [3.05, 3.63) is 0 Å². The summed E-state index contributed by atoms with van der Waals surface area (Å²) in [6.45, 7) is 0. The van der Waals surface area contributed by atoms with E-state index in [1.54, 1.807) is 0 Å². The van der Waals surface area contributed by atoms with Gasteiger partial charge >= 0.3 is 5.97 Å². The second-order valence-corrected chi connectivity index (χ2v) is 6.31. The quantitative estimate of drug-likeness (QED) is 0.762. The monoisotopic (exact) mass is 235 g/mol. The van der Waals surface area contributed by atoms with Crippen molar-refractivity contribution in [1.29, 1.82) is 0 Å². The number of carboxylic acid groups (broad SMARTS) is 1. The zero-order valence-electron chi connectivity index (χ0n) is 9.63. The highest BCUT2D eigenvalue weighted by molar-refractivity contribution is 5.89. The lowest BCUT2D eigenvalue weighted by atomic mass is 10.0. The van der Waals surface area contributed by atoms with Crippen LogP contribution in [0.4, 0.5) is 0 Å². The van der Waals surface area contributed by atoms with Crippen LogP contribution in [0, 0.1) is 35.5 Å². The summed E-state index contributed by atoms with van der Waals surface area (Å²) in [5, 5.41) is 11.9. The fourth-order valence-electron chi connectivity index (χ4n) is 4.55. The fourth-order valence-corrected chi connectivity index (χ4v) is 4.55. The molecule has 0 aromatic carbocycles. The Bertz CT molecular complexity index is 391. The minimum atomic E-state index is -0.818. The zero-order valence-corrected chi connectivity index (χ0v) is 9.63. The summed E-state index contributed by atoms with van der Waals surface area (Å²) in [7, 11) is 0. The van der Waals surface area contributed by atoms with Crippen LogP contribution < -0.4 is 5.32 Å². The average Bonchev–Trinajstić information content (AvgIpc) is 3.15. The smallest absolute Gasteiger partial charge is 0.307 e. The van der Waals surface area contributed by atoms with Crippen molar-refractivity contribution < 1.29 is 14.7 Å². The van der Waals surface area contributed by atoms with E-state index in [2.05, 4.69) is 5.32 Å². The van der Waals surface area contributed by atoms with Crippen molar-refractivity contribution >= 4 is 11.9 Å². The number of rotatable bonds is 3. The highest BCUT2D eigenvalue weighted by Crippen LogP contribution is 2.65. The van der Waals surface area contributed by atoms with Crippen molar-refractivity contribution in [2.75, 3.05) is 0 Å². The fraction of sp³-hybridized carbons (Fsp3) is 0.846. The number of carboxylic acids is 1. The highest BCUT2D eigenvalue weighted by atomic mass is 16.4. The number of carbonyl (C=O) groups is 2. The van der Waals surface area contributed by atoms with Crippen LogP contribution in [-0.2, 0) is 9.59 Å². The van der Waals surface area contributed by atoms with Crippen LogP contribution in [0.1, 0.15) is 25.7 Å². The number of hydrogen-bond donors (Lipinski definition) is 2. The van der Waals surface area contributed by atoms with Gasteiger partial charge in [0.1, 0.15) is 0 Å². The molecule has 0 spiro atoms. The predicted molar refractivity (Wildman–Crippen MR) is 59.0 cm³/mol. The van der Waals surface area contributed by atoms with Crippen molar-refractivity contribution in [1.82, 2.24) is 5.32 Å². The largest absolute Gasteiger partial charge is 0.481 e. The molecule has 0 heterocycles. The van der Waals surface area contributed by atoms with Gasteiger partial charge in [-0.15, -0.1) is 0 Å². The Morgan fingerprint density at radius 3 is 2.18 bits per heavy atom. The Hall–Kier alpha value is -1.06. The third-order valence-electron chi connectivity index (χ3n) is 5.49. The maximum absolute atomic E-state index is 11.9. The Labute approximate surface area is 99.8 Å². The van der Waals surface area contributed by atoms with Crippen LogP contribution in [-0.4, -0.2) is 23.0 Å². The standard InChI is InChI=1S/C13H17NO3/c15-12(7-4-8(7)13(16)17)14-11-9-5-1-2-6(3-5)10(9)11/h5-11H,1-4H2,(H,14,15)(H,16,17)/t5?,6?,7-,8+,9?,10?,11?/m1/s1. The van der Waals surface area contributed by atoms with E-state index >= 15 is 0 Å². The van der Waals surface area contributed by atoms with E-state index in [0.29, 0.717) is 12.5 Å². The molecule has 4 rings (SSSR count). The molecule has 4 heteroatoms. The molecule has 6 atom stereocenters. The Kier molecular flexibility index (Phi) is 1.77. The number of nitrogens with one attached hydrogen (secondary N) is 1. The predicted octanol–water partition coefficient (Wildman–Crippen LogP) is 0.868. The summed E-state index contributed by atoms with van der Waals surface area (Å²) < 4.78 is 0. The van der Waals surface area contributed by atoms with Crippen molar-refractivity contribution in [3.63, 3.8) is 0 Å². The first-order valence-electron chi connectivity index (χ1n) is 6.70. The molecular weight excluding hydrogens is 218 g/mol. The average molecular weight is 235 g/mol. The molecule has 0 aromatic rings. The van der Waals surface area contributed by atoms with Gasteiger partial charge in [0.25, 0.3) is 0 Å². The van der Waals surface area contributed by atoms with Gasteiger partial charge in [-0.2, -0.15) is 0 Å². The number of amides is 1. The molecule has 17 heavy (non-hydrogen) atoms. The summed E-state index contributed by atoms with van der Waals surface area (Å²) in [4.78, 5) is 22.6. The van der Waals surface area contributed by atoms with Gasteiger partial charge in [0.05, 0.1) is 11.8 Å². The van der Waals surface area contributed by atoms with Gasteiger partial charge in [0.15, 0.2) is 0 Å². The topological polar surface area (TPSA) is 66.4 Å². The van der Waals surface area contributed by atoms with Crippen LogP contribution in [0.5, 0.6) is 0 Å². The molecule has 0 radical (unpaired) electrons. The van der Waals surface area contributed by atoms with Crippen LogP contribution >= 0.6 is 0 Å². The summed E-state index contributed by atoms with van der Waals surface area (Å²) in [6, 6.07) is 0.392. The molecule has 4 aliphatic rings. The molecule has 2 bridgehead atoms. The molecule has 4 unspecified atom stereocenters. The van der Waals surface area contributed by atoms with Gasteiger partial charge in [-0.25, -0.2) is 0 Å². The lowest BCUT2D eigenvalue weighted by molar-refractivity contribution is -0.140. The van der Waals surface area contributed by atoms with Gasteiger partial charge < -0.3 is 10.4 Å². The van der Waals surface area contributed by atoms with Crippen LogP contribution in [0.25, 0.3) is 0 Å². The summed E-state index contributed by atoms with van der Waals surface area (Å²) in [5.74, 6) is 1.70. The molecule has 4 aliphatic carbocycles. The molecule has 1 amide bonds. The van der Waals surface area contributed by atoms with Gasteiger partial charge in [-0.3, -0.25) is 9.59 Å². The van der Waals surface area contributed by atoms with Crippen LogP contribution in [0.15, 0.2) is 0 Å². The van der Waals surface area contributed by atoms with E-state index in [0.717, 1.165) is 23.7 Å². The third kappa shape index (κ3) is 1.30. The molecule has 4 saturated carbocycles. The van der Waals surface area contributed by atoms with E-state index in [-0.39, 0.29) is 11.8 Å². The SMILES string of the molecule is O=C(O)[C@H]1C[C@H]1C(=O)NC1C2C3CCC(C3)C12. The molecule has 92 valence electrons. The molecular formula is C13H17NO3. The minimum absolute atomic E-state index is 0.00352. The zero-order chi connectivity index (χ0) is 11.7. The Morgan fingerprint density at radius 2 is 1.65 bits per heavy atom. The lowest BCUT2D eigenvalue weighted by Gasteiger charge is -2.10. The van der Waals surface area contributed by atoms with Crippen molar-refractivity contribution in [2.24, 2.45) is 35.5 Å².